The molecular weight excluding hydrogens is 159 g/mol. The van der Waals surface area contributed by atoms with Gasteiger partial charge in [-0.05, 0) is 5.92 Å². The first-order chi connectivity index (χ1) is 5.52. The molecule has 4 heteroatoms. The second-order valence-corrected chi connectivity index (χ2v) is 3.61. The number of nitrogens with two attached hydrogens (primary N) is 1. The van der Waals surface area contributed by atoms with Crippen LogP contribution in [0, 0.1) is 5.92 Å². The highest BCUT2D eigenvalue weighted by Gasteiger charge is 2.33. The lowest BCUT2D eigenvalue weighted by Crippen LogP contribution is -2.57. The van der Waals surface area contributed by atoms with Gasteiger partial charge in [0.1, 0.15) is 6.17 Å². The molecule has 1 atom stereocenters. The van der Waals surface area contributed by atoms with Crippen molar-refractivity contribution < 1.29 is 9.18 Å². The maximum absolute atomic E-state index is 12.4. The van der Waals surface area contributed by atoms with Crippen molar-refractivity contribution in [1.29, 1.82) is 0 Å². The zero-order valence-electron chi connectivity index (χ0n) is 7.46. The van der Waals surface area contributed by atoms with Crippen molar-refractivity contribution >= 4 is 5.91 Å². The third-order valence-corrected chi connectivity index (χ3v) is 2.15. The van der Waals surface area contributed by atoms with E-state index >= 15 is 0 Å². The van der Waals surface area contributed by atoms with Crippen LogP contribution >= 0.6 is 0 Å². The van der Waals surface area contributed by atoms with Crippen molar-refractivity contribution in [2.24, 2.45) is 11.7 Å². The number of carbonyl (C=O) groups excluding carboxylic acids is 1. The maximum atomic E-state index is 12.4. The van der Waals surface area contributed by atoms with E-state index in [-0.39, 0.29) is 24.9 Å². The van der Waals surface area contributed by atoms with Crippen molar-refractivity contribution in [3.63, 3.8) is 0 Å². The molecule has 0 aromatic rings. The number of hydrogen-bond donors (Lipinski definition) is 1. The van der Waals surface area contributed by atoms with Crippen LogP contribution in [0.3, 0.4) is 0 Å². The molecule has 1 rings (SSSR count). The molecule has 1 aliphatic rings. The maximum Gasteiger partial charge on any atom is 0.239 e. The summed E-state index contributed by atoms with van der Waals surface area (Å²) in [5.74, 6) is -0.00457. The zero-order valence-corrected chi connectivity index (χ0v) is 7.46. The first-order valence-corrected chi connectivity index (χ1v) is 4.20. The summed E-state index contributed by atoms with van der Waals surface area (Å²) in [6, 6.07) is -0.475. The molecule has 70 valence electrons. The second-order valence-electron chi connectivity index (χ2n) is 3.61. The number of alkyl halides is 1. The topological polar surface area (TPSA) is 46.3 Å². The minimum Gasteiger partial charge on any atom is -0.335 e. The van der Waals surface area contributed by atoms with E-state index < -0.39 is 12.2 Å². The van der Waals surface area contributed by atoms with Crippen LogP contribution in [-0.2, 0) is 4.79 Å². The summed E-state index contributed by atoms with van der Waals surface area (Å²) in [5, 5.41) is 0. The predicted octanol–water partition coefficient (Wildman–Crippen LogP) is 0.150. The van der Waals surface area contributed by atoms with Crippen LogP contribution in [-0.4, -0.2) is 36.1 Å². The van der Waals surface area contributed by atoms with Crippen LogP contribution in [0.15, 0.2) is 0 Å². The first kappa shape index (κ1) is 9.45. The lowest BCUT2D eigenvalue weighted by Gasteiger charge is -2.36. The highest BCUT2D eigenvalue weighted by Crippen LogP contribution is 2.14. The fourth-order valence-corrected chi connectivity index (χ4v) is 1.10. The molecule has 1 unspecified atom stereocenters. The number of carbonyl (C=O) groups is 1. The Labute approximate surface area is 71.7 Å². The van der Waals surface area contributed by atoms with E-state index in [4.69, 9.17) is 5.73 Å². The summed E-state index contributed by atoms with van der Waals surface area (Å²) in [5.41, 5.74) is 5.60. The molecule has 1 aliphatic heterocycles. The summed E-state index contributed by atoms with van der Waals surface area (Å²) in [7, 11) is 0. The SMILES string of the molecule is CC(C)C(N)C(=O)N1CC(F)C1. The van der Waals surface area contributed by atoms with Crippen molar-refractivity contribution in [1.82, 2.24) is 4.90 Å². The van der Waals surface area contributed by atoms with Gasteiger partial charge in [-0.25, -0.2) is 4.39 Å². The van der Waals surface area contributed by atoms with Crippen LogP contribution in [0.25, 0.3) is 0 Å². The van der Waals surface area contributed by atoms with E-state index in [0.29, 0.717) is 0 Å². The highest BCUT2D eigenvalue weighted by molar-refractivity contribution is 5.82. The lowest BCUT2D eigenvalue weighted by molar-refractivity contribution is -0.140. The van der Waals surface area contributed by atoms with Crippen LogP contribution < -0.4 is 5.73 Å². The molecule has 0 aromatic carbocycles. The van der Waals surface area contributed by atoms with E-state index in [1.807, 2.05) is 13.8 Å². The van der Waals surface area contributed by atoms with Gasteiger partial charge in [0.25, 0.3) is 0 Å². The molecule has 0 aliphatic carbocycles. The van der Waals surface area contributed by atoms with Gasteiger partial charge in [-0.2, -0.15) is 0 Å². The van der Waals surface area contributed by atoms with Gasteiger partial charge in [0.05, 0.1) is 19.1 Å². The second kappa shape index (κ2) is 3.39. The molecule has 12 heavy (non-hydrogen) atoms. The molecule has 3 nitrogen and oxygen atoms in total. The van der Waals surface area contributed by atoms with E-state index in [9.17, 15) is 9.18 Å². The molecule has 1 amide bonds. The molecule has 0 radical (unpaired) electrons. The monoisotopic (exact) mass is 174 g/mol. The third kappa shape index (κ3) is 1.75. The Balaban J connectivity index is 2.38. The van der Waals surface area contributed by atoms with E-state index in [1.165, 1.54) is 4.90 Å². The van der Waals surface area contributed by atoms with Crippen LogP contribution in [0.4, 0.5) is 4.39 Å². The van der Waals surface area contributed by atoms with Crippen LogP contribution in [0.2, 0.25) is 0 Å². The number of rotatable bonds is 2. The number of likely N-dealkylation sites (tertiary alicyclic amines) is 1. The summed E-state index contributed by atoms with van der Waals surface area (Å²) < 4.78 is 12.4. The van der Waals surface area contributed by atoms with Gasteiger partial charge >= 0.3 is 0 Å². The Hall–Kier alpha value is -0.640. The number of halogens is 1. The van der Waals surface area contributed by atoms with Crippen molar-refractivity contribution in [3.8, 4) is 0 Å². The first-order valence-electron chi connectivity index (χ1n) is 4.20. The van der Waals surface area contributed by atoms with Gasteiger partial charge in [0.2, 0.25) is 5.91 Å². The average molecular weight is 174 g/mol. The van der Waals surface area contributed by atoms with Gasteiger partial charge in [-0.1, -0.05) is 13.8 Å². The number of hydrogen-bond acceptors (Lipinski definition) is 2. The Bertz CT molecular complexity index is 178. The van der Waals surface area contributed by atoms with Crippen LogP contribution in [0.5, 0.6) is 0 Å². The van der Waals surface area contributed by atoms with Crippen molar-refractivity contribution in [3.05, 3.63) is 0 Å². The average Bonchev–Trinajstić information content (AvgIpc) is 1.95. The quantitative estimate of drug-likeness (QED) is 0.647. The molecule has 1 fully saturated rings. The largest absolute Gasteiger partial charge is 0.335 e. The Morgan fingerprint density at radius 3 is 2.42 bits per heavy atom. The molecule has 0 spiro atoms. The van der Waals surface area contributed by atoms with Gasteiger partial charge < -0.3 is 10.6 Å². The molecule has 1 heterocycles. The smallest absolute Gasteiger partial charge is 0.239 e. The molecule has 1 saturated heterocycles. The molecule has 0 bridgehead atoms. The summed E-state index contributed by atoms with van der Waals surface area (Å²) in [4.78, 5) is 12.8. The van der Waals surface area contributed by atoms with Gasteiger partial charge in [0, 0.05) is 0 Å². The lowest BCUT2D eigenvalue weighted by atomic mass is 10.0. The minimum atomic E-state index is -0.840. The highest BCUT2D eigenvalue weighted by atomic mass is 19.1. The standard InChI is InChI=1S/C8H15FN2O/c1-5(2)7(10)8(12)11-3-6(9)4-11/h5-7H,3-4,10H2,1-2H3. The van der Waals surface area contributed by atoms with Gasteiger partial charge in [-0.3, -0.25) is 4.79 Å². The Kier molecular flexibility index (Phi) is 2.67. The van der Waals surface area contributed by atoms with Gasteiger partial charge in [-0.15, -0.1) is 0 Å². The molecular formula is C8H15FN2O. The molecule has 2 N–H and O–H groups in total. The third-order valence-electron chi connectivity index (χ3n) is 2.15. The summed E-state index contributed by atoms with van der Waals surface area (Å²) >= 11 is 0. The molecule has 0 aromatic heterocycles. The Morgan fingerprint density at radius 1 is 1.58 bits per heavy atom. The fraction of sp³-hybridized carbons (Fsp3) is 0.875. The molecule has 0 saturated carbocycles. The summed E-state index contributed by atoms with van der Waals surface area (Å²) in [6.07, 6.45) is -0.840. The van der Waals surface area contributed by atoms with E-state index in [2.05, 4.69) is 0 Å². The minimum absolute atomic E-state index is 0.121. The predicted molar refractivity (Wildman–Crippen MR) is 44.3 cm³/mol. The Morgan fingerprint density at radius 2 is 2.08 bits per heavy atom. The zero-order chi connectivity index (χ0) is 9.30. The fourth-order valence-electron chi connectivity index (χ4n) is 1.10. The van der Waals surface area contributed by atoms with Crippen molar-refractivity contribution in [2.75, 3.05) is 13.1 Å². The van der Waals surface area contributed by atoms with Gasteiger partial charge in [0.15, 0.2) is 0 Å². The van der Waals surface area contributed by atoms with E-state index in [1.54, 1.807) is 0 Å². The van der Waals surface area contributed by atoms with Crippen molar-refractivity contribution in [2.45, 2.75) is 26.1 Å². The normalized spacial score (nSPS) is 20.9. The number of nitrogens with zero attached hydrogens (tertiary/aromatic N) is 1. The number of amides is 1. The van der Waals surface area contributed by atoms with E-state index in [0.717, 1.165) is 0 Å². The van der Waals surface area contributed by atoms with Crippen LogP contribution in [0.1, 0.15) is 13.8 Å². The summed E-state index contributed by atoms with van der Waals surface area (Å²) in [6.45, 7) is 4.21.